The fourth-order valence-electron chi connectivity index (χ4n) is 1.43. The molecule has 0 heterocycles. The Morgan fingerprint density at radius 1 is 1.47 bits per heavy atom. The van der Waals surface area contributed by atoms with E-state index in [0.717, 1.165) is 25.3 Å². The molecule has 0 fully saturated rings. The zero-order chi connectivity index (χ0) is 12.8. The highest BCUT2D eigenvalue weighted by molar-refractivity contribution is 9.10. The van der Waals surface area contributed by atoms with Gasteiger partial charge < -0.3 is 5.32 Å². The number of halogens is 2. The molecule has 0 bridgehead atoms. The Kier molecular flexibility index (Phi) is 5.34. The van der Waals surface area contributed by atoms with Crippen molar-refractivity contribution in [1.82, 2.24) is 0 Å². The number of nitro groups is 1. The summed E-state index contributed by atoms with van der Waals surface area (Å²) in [5.41, 5.74) is 0.113. The van der Waals surface area contributed by atoms with E-state index in [9.17, 15) is 14.5 Å². The first-order chi connectivity index (χ1) is 8.06. The van der Waals surface area contributed by atoms with E-state index in [-0.39, 0.29) is 10.2 Å². The molecule has 17 heavy (non-hydrogen) atoms. The molecule has 0 radical (unpaired) electrons. The lowest BCUT2D eigenvalue weighted by Crippen LogP contribution is -2.04. The van der Waals surface area contributed by atoms with Crippen LogP contribution in [0.1, 0.15) is 26.2 Å². The molecule has 0 aliphatic carbocycles. The van der Waals surface area contributed by atoms with Gasteiger partial charge in [-0.1, -0.05) is 19.8 Å². The minimum absolute atomic E-state index is 0.223. The first kappa shape index (κ1) is 13.9. The average molecular weight is 305 g/mol. The summed E-state index contributed by atoms with van der Waals surface area (Å²) in [6.07, 6.45) is 3.07. The van der Waals surface area contributed by atoms with Gasteiger partial charge in [-0.25, -0.2) is 4.39 Å². The maximum atomic E-state index is 13.2. The normalized spacial score (nSPS) is 10.3. The molecule has 1 aromatic rings. The number of hydrogen-bond acceptors (Lipinski definition) is 3. The molecule has 1 aromatic carbocycles. The highest BCUT2D eigenvalue weighted by atomic mass is 79.9. The van der Waals surface area contributed by atoms with Gasteiger partial charge in [-0.15, -0.1) is 0 Å². The van der Waals surface area contributed by atoms with Gasteiger partial charge in [0.2, 0.25) is 0 Å². The summed E-state index contributed by atoms with van der Waals surface area (Å²) in [5, 5.41) is 13.7. The first-order valence-corrected chi connectivity index (χ1v) is 6.23. The number of hydrogen-bond donors (Lipinski definition) is 1. The summed E-state index contributed by atoms with van der Waals surface area (Å²) in [6.45, 7) is 2.73. The molecule has 0 aromatic heterocycles. The van der Waals surface area contributed by atoms with E-state index in [4.69, 9.17) is 0 Å². The zero-order valence-corrected chi connectivity index (χ0v) is 11.1. The van der Waals surface area contributed by atoms with Crippen LogP contribution in [0.2, 0.25) is 0 Å². The maximum Gasteiger partial charge on any atom is 0.295 e. The van der Waals surface area contributed by atoms with Crippen molar-refractivity contribution in [1.29, 1.82) is 0 Å². The maximum absolute atomic E-state index is 13.2. The molecule has 0 atom stereocenters. The highest BCUT2D eigenvalue weighted by Gasteiger charge is 2.17. The van der Waals surface area contributed by atoms with E-state index < -0.39 is 10.7 Å². The van der Waals surface area contributed by atoms with Crippen molar-refractivity contribution in [2.24, 2.45) is 0 Å². The van der Waals surface area contributed by atoms with Crippen LogP contribution in [-0.4, -0.2) is 11.5 Å². The van der Waals surface area contributed by atoms with Crippen molar-refractivity contribution in [3.8, 4) is 0 Å². The minimum atomic E-state index is -0.629. The van der Waals surface area contributed by atoms with Crippen molar-refractivity contribution < 1.29 is 9.31 Å². The lowest BCUT2D eigenvalue weighted by molar-refractivity contribution is -0.384. The molecular formula is C11H14BrFN2O2. The lowest BCUT2D eigenvalue weighted by atomic mass is 10.2. The molecule has 0 spiro atoms. The van der Waals surface area contributed by atoms with E-state index in [1.165, 1.54) is 6.07 Å². The number of rotatable bonds is 6. The van der Waals surface area contributed by atoms with Gasteiger partial charge in [-0.3, -0.25) is 10.1 Å². The SMILES string of the molecule is CCCCCNc1cc(Br)c(F)cc1[N+](=O)[O-]. The third-order valence-electron chi connectivity index (χ3n) is 2.33. The summed E-state index contributed by atoms with van der Waals surface area (Å²) >= 11 is 3.01. The number of anilines is 1. The van der Waals surface area contributed by atoms with Crippen molar-refractivity contribution in [3.05, 3.63) is 32.5 Å². The Balaban J connectivity index is 2.81. The Hall–Kier alpha value is -1.17. The Bertz CT molecular complexity index is 413. The van der Waals surface area contributed by atoms with Crippen LogP contribution in [0.3, 0.4) is 0 Å². The van der Waals surface area contributed by atoms with Gasteiger partial charge in [0, 0.05) is 6.54 Å². The second-order valence-electron chi connectivity index (χ2n) is 3.67. The van der Waals surface area contributed by atoms with E-state index in [1.807, 2.05) is 0 Å². The molecule has 0 unspecified atom stereocenters. The molecule has 4 nitrogen and oxygen atoms in total. The molecule has 0 saturated heterocycles. The van der Waals surface area contributed by atoms with Gasteiger partial charge in [0.1, 0.15) is 11.5 Å². The van der Waals surface area contributed by atoms with E-state index in [1.54, 1.807) is 0 Å². The molecular weight excluding hydrogens is 291 g/mol. The lowest BCUT2D eigenvalue weighted by Gasteiger charge is -2.07. The van der Waals surface area contributed by atoms with Crippen LogP contribution in [0.4, 0.5) is 15.8 Å². The Labute approximate surface area is 107 Å². The minimum Gasteiger partial charge on any atom is -0.379 e. The van der Waals surface area contributed by atoms with Crippen LogP contribution >= 0.6 is 15.9 Å². The van der Waals surface area contributed by atoms with Gasteiger partial charge in [0.05, 0.1) is 15.5 Å². The smallest absolute Gasteiger partial charge is 0.295 e. The van der Waals surface area contributed by atoms with Crippen molar-refractivity contribution in [3.63, 3.8) is 0 Å². The number of benzene rings is 1. The number of nitro benzene ring substituents is 1. The quantitative estimate of drug-likeness (QED) is 0.489. The number of unbranched alkanes of at least 4 members (excludes halogenated alkanes) is 2. The molecule has 6 heteroatoms. The summed E-state index contributed by atoms with van der Waals surface area (Å²) in [6, 6.07) is 2.33. The van der Waals surface area contributed by atoms with Crippen molar-refractivity contribution in [2.75, 3.05) is 11.9 Å². The van der Waals surface area contributed by atoms with E-state index in [0.29, 0.717) is 12.2 Å². The molecule has 0 saturated carbocycles. The van der Waals surface area contributed by atoms with Crippen LogP contribution in [0.15, 0.2) is 16.6 Å². The molecule has 0 aliphatic rings. The molecule has 0 aliphatic heterocycles. The monoisotopic (exact) mass is 304 g/mol. The van der Waals surface area contributed by atoms with E-state index in [2.05, 4.69) is 28.2 Å². The third kappa shape index (κ3) is 3.96. The molecule has 94 valence electrons. The van der Waals surface area contributed by atoms with Crippen LogP contribution in [0.5, 0.6) is 0 Å². The summed E-state index contributed by atoms with van der Waals surface area (Å²) in [4.78, 5) is 10.2. The summed E-state index contributed by atoms with van der Waals surface area (Å²) < 4.78 is 13.4. The molecule has 0 amide bonds. The third-order valence-corrected chi connectivity index (χ3v) is 2.94. The second kappa shape index (κ2) is 6.54. The standard InChI is InChI=1S/C11H14BrFN2O2/c1-2-3-4-5-14-10-6-8(12)9(13)7-11(10)15(16)17/h6-7,14H,2-5H2,1H3. The number of nitrogens with zero attached hydrogens (tertiary/aromatic N) is 1. The summed E-state index contributed by atoms with van der Waals surface area (Å²) in [7, 11) is 0. The largest absolute Gasteiger partial charge is 0.379 e. The predicted octanol–water partition coefficient (Wildman–Crippen LogP) is 4.10. The van der Waals surface area contributed by atoms with Crippen molar-refractivity contribution >= 4 is 27.3 Å². The molecule has 1 N–H and O–H groups in total. The fraction of sp³-hybridized carbons (Fsp3) is 0.455. The van der Waals surface area contributed by atoms with E-state index >= 15 is 0 Å². The van der Waals surface area contributed by atoms with Gasteiger partial charge in [0.15, 0.2) is 0 Å². The molecule has 1 rings (SSSR count). The number of nitrogens with one attached hydrogen (secondary N) is 1. The Morgan fingerprint density at radius 3 is 2.76 bits per heavy atom. The van der Waals surface area contributed by atoms with Crippen LogP contribution in [0, 0.1) is 15.9 Å². The van der Waals surface area contributed by atoms with Crippen molar-refractivity contribution in [2.45, 2.75) is 26.2 Å². The van der Waals surface area contributed by atoms with Crippen LogP contribution < -0.4 is 5.32 Å². The van der Waals surface area contributed by atoms with Gasteiger partial charge in [0.25, 0.3) is 5.69 Å². The topological polar surface area (TPSA) is 55.2 Å². The summed E-state index contributed by atoms with van der Waals surface area (Å²) in [5.74, 6) is -0.629. The average Bonchev–Trinajstić information content (AvgIpc) is 2.28. The van der Waals surface area contributed by atoms with Gasteiger partial charge >= 0.3 is 0 Å². The second-order valence-corrected chi connectivity index (χ2v) is 4.53. The van der Waals surface area contributed by atoms with Crippen LogP contribution in [0.25, 0.3) is 0 Å². The zero-order valence-electron chi connectivity index (χ0n) is 9.50. The fourth-order valence-corrected chi connectivity index (χ4v) is 1.77. The van der Waals surface area contributed by atoms with Gasteiger partial charge in [-0.05, 0) is 28.4 Å². The van der Waals surface area contributed by atoms with Crippen LogP contribution in [-0.2, 0) is 0 Å². The Morgan fingerprint density at radius 2 is 2.18 bits per heavy atom. The predicted molar refractivity (Wildman–Crippen MR) is 68.8 cm³/mol. The first-order valence-electron chi connectivity index (χ1n) is 5.43. The highest BCUT2D eigenvalue weighted by Crippen LogP contribution is 2.30. The van der Waals surface area contributed by atoms with Gasteiger partial charge in [-0.2, -0.15) is 0 Å².